The van der Waals surface area contributed by atoms with Gasteiger partial charge in [-0.25, -0.2) is 0 Å². The topological polar surface area (TPSA) is 42.0 Å². The molecule has 0 aromatic rings. The Bertz CT molecular complexity index is 950. The van der Waals surface area contributed by atoms with Crippen LogP contribution in [-0.2, 0) is 0 Å². The van der Waals surface area contributed by atoms with Crippen LogP contribution in [0.4, 0.5) is 0 Å². The lowest BCUT2D eigenvalue weighted by atomic mass is 9.64. The lowest BCUT2D eigenvalue weighted by Gasteiger charge is -2.41. The molecule has 0 saturated carbocycles. The molecule has 2 N–H and O–H groups in total. The van der Waals surface area contributed by atoms with Gasteiger partial charge >= 0.3 is 0 Å². The second-order valence-electron chi connectivity index (χ2n) is 18.7. The van der Waals surface area contributed by atoms with Crippen LogP contribution in [0, 0.1) is 16.2 Å². The minimum atomic E-state index is -0.633. The van der Waals surface area contributed by atoms with E-state index in [1.54, 1.807) is 0 Å². The normalized spacial score (nSPS) is 10.8. The van der Waals surface area contributed by atoms with Gasteiger partial charge in [-0.15, -0.1) is 26.3 Å². The van der Waals surface area contributed by atoms with Gasteiger partial charge < -0.3 is 25.1 Å². The summed E-state index contributed by atoms with van der Waals surface area (Å²) in [5.41, 5.74) is 6.23. The van der Waals surface area contributed by atoms with Crippen molar-refractivity contribution in [3.63, 3.8) is 0 Å². The Labute approximate surface area is 331 Å². The first-order valence-electron chi connectivity index (χ1n) is 19.0. The van der Waals surface area contributed by atoms with E-state index in [0.717, 1.165) is 36.4 Å². The minimum absolute atomic E-state index is 0.0845. The highest BCUT2D eigenvalue weighted by atomic mass is 16.3. The molecule has 5 heteroatoms. The molecule has 0 rings (SSSR count). The predicted molar refractivity (Wildman–Crippen MR) is 246 cm³/mol. The Morgan fingerprint density at radius 1 is 0.538 bits per heavy atom. The Kier molecular flexibility index (Phi) is 38.8. The summed E-state index contributed by atoms with van der Waals surface area (Å²) in [5, 5.41) is 12.6. The number of allylic oxidation sites excluding steroid dienone is 5. The second kappa shape index (κ2) is 31.1. The first-order valence-corrected chi connectivity index (χ1v) is 19.0. The van der Waals surface area contributed by atoms with Gasteiger partial charge in [-0.2, -0.15) is 0 Å². The monoisotopic (exact) mass is 737 g/mol. The molecule has 314 valence electrons. The molecule has 5 nitrogen and oxygen atoms in total. The van der Waals surface area contributed by atoms with Crippen LogP contribution in [0.5, 0.6) is 0 Å². The molecule has 0 aliphatic carbocycles. The van der Waals surface area contributed by atoms with Crippen molar-refractivity contribution < 1.29 is 5.11 Å². The van der Waals surface area contributed by atoms with Crippen LogP contribution in [-0.4, -0.2) is 80.3 Å². The number of aliphatic hydroxyl groups is 1. The molecule has 0 aromatic carbocycles. The zero-order valence-corrected chi connectivity index (χ0v) is 40.9. The van der Waals surface area contributed by atoms with Crippen molar-refractivity contribution in [2.24, 2.45) is 16.2 Å². The van der Waals surface area contributed by atoms with Crippen LogP contribution in [0.15, 0.2) is 73.3 Å². The molecule has 0 atom stereocenters. The number of hydrogen-bond acceptors (Lipinski definition) is 5. The smallest absolute Gasteiger partial charge is 0.0954 e. The highest BCUT2D eigenvalue weighted by Gasteiger charge is 2.35. The van der Waals surface area contributed by atoms with Gasteiger partial charge in [0.1, 0.15) is 0 Å². The molecule has 0 fully saturated rings. The van der Waals surface area contributed by atoms with Crippen molar-refractivity contribution in [3.8, 4) is 0 Å². The van der Waals surface area contributed by atoms with Gasteiger partial charge in [0.2, 0.25) is 0 Å². The second-order valence-corrected chi connectivity index (χ2v) is 18.7. The van der Waals surface area contributed by atoms with Crippen LogP contribution >= 0.6 is 0 Å². The summed E-state index contributed by atoms with van der Waals surface area (Å²) in [5.74, 6) is 1.02. The quantitative estimate of drug-likeness (QED) is 0.207. The lowest BCUT2D eigenvalue weighted by molar-refractivity contribution is -0.0343. The van der Waals surface area contributed by atoms with Crippen molar-refractivity contribution >= 4 is 0 Å². The predicted octanol–water partition coefficient (Wildman–Crippen LogP) is 13.4. The Balaban J connectivity index is -0.0000000940. The molecule has 0 unspecified atom stereocenters. The third-order valence-corrected chi connectivity index (χ3v) is 9.26. The van der Waals surface area contributed by atoms with E-state index in [1.807, 2.05) is 93.5 Å². The van der Waals surface area contributed by atoms with Crippen LogP contribution < -0.4 is 5.32 Å². The summed E-state index contributed by atoms with van der Waals surface area (Å²) in [6, 6.07) is 0. The fourth-order valence-electron chi connectivity index (χ4n) is 2.84. The van der Waals surface area contributed by atoms with E-state index in [4.69, 9.17) is 0 Å². The minimum Gasteiger partial charge on any atom is -0.392 e. The van der Waals surface area contributed by atoms with Crippen LogP contribution in [0.1, 0.15) is 157 Å². The van der Waals surface area contributed by atoms with E-state index in [0.29, 0.717) is 16.4 Å². The SMILES string of the molecule is C=C(C)C.C=C(C)CC.C=C(C)CC(C)(C)C(C)(C)CC.C=C(C)CC(C)(C)C(C)(C)O.C=C(C)NC.C=C(N(C)C)N(C)C.CN(C)C(C)(C)C. The summed E-state index contributed by atoms with van der Waals surface area (Å²) >= 11 is 0. The summed E-state index contributed by atoms with van der Waals surface area (Å²) in [6.07, 6.45) is 4.34. The summed E-state index contributed by atoms with van der Waals surface area (Å²) in [7, 11) is 13.9. The molecule has 0 bridgehead atoms. The van der Waals surface area contributed by atoms with Gasteiger partial charge in [-0.05, 0) is 131 Å². The van der Waals surface area contributed by atoms with Crippen LogP contribution in [0.2, 0.25) is 0 Å². The van der Waals surface area contributed by atoms with E-state index >= 15 is 0 Å². The van der Waals surface area contributed by atoms with Crippen LogP contribution in [0.25, 0.3) is 0 Å². The maximum atomic E-state index is 9.75. The Morgan fingerprint density at radius 2 is 0.769 bits per heavy atom. The first-order chi connectivity index (χ1) is 22.7. The summed E-state index contributed by atoms with van der Waals surface area (Å²) < 4.78 is 0. The first kappa shape index (κ1) is 64.7. The van der Waals surface area contributed by atoms with Crippen molar-refractivity contribution in [1.29, 1.82) is 0 Å². The van der Waals surface area contributed by atoms with Crippen LogP contribution in [0.3, 0.4) is 0 Å². The number of hydrogen-bond donors (Lipinski definition) is 2. The Morgan fingerprint density at radius 3 is 0.846 bits per heavy atom. The summed E-state index contributed by atoms with van der Waals surface area (Å²) in [4.78, 5) is 6.13. The molecule has 0 amide bonds. The van der Waals surface area contributed by atoms with Gasteiger partial charge in [0.15, 0.2) is 0 Å². The lowest BCUT2D eigenvalue weighted by Crippen LogP contribution is -2.38. The molecule has 0 aliphatic heterocycles. The van der Waals surface area contributed by atoms with Crippen molar-refractivity contribution in [1.82, 2.24) is 20.0 Å². The van der Waals surface area contributed by atoms with E-state index in [9.17, 15) is 5.11 Å². The fourth-order valence-corrected chi connectivity index (χ4v) is 2.84. The molecule has 0 saturated heterocycles. The van der Waals surface area contributed by atoms with Gasteiger partial charge in [0.05, 0.1) is 11.4 Å². The van der Waals surface area contributed by atoms with E-state index < -0.39 is 5.60 Å². The number of nitrogens with one attached hydrogen (secondary N) is 1. The third-order valence-electron chi connectivity index (χ3n) is 9.26. The number of rotatable bonds is 11. The molecular formula is C47H100N4O. The van der Waals surface area contributed by atoms with Crippen molar-refractivity contribution in [2.75, 3.05) is 49.3 Å². The largest absolute Gasteiger partial charge is 0.392 e. The van der Waals surface area contributed by atoms with Crippen molar-refractivity contribution in [2.45, 2.75) is 168 Å². The maximum absolute atomic E-state index is 9.75. The molecule has 0 aromatic heterocycles. The Hall–Kier alpha value is -2.24. The molecular weight excluding hydrogens is 637 g/mol. The highest BCUT2D eigenvalue weighted by molar-refractivity contribution is 5.00. The average Bonchev–Trinajstić information content (AvgIpc) is 2.91. The van der Waals surface area contributed by atoms with Gasteiger partial charge in [0.25, 0.3) is 0 Å². The van der Waals surface area contributed by atoms with Gasteiger partial charge in [0, 0.05) is 40.8 Å². The van der Waals surface area contributed by atoms with Gasteiger partial charge in [-0.3, -0.25) is 0 Å². The van der Waals surface area contributed by atoms with E-state index in [2.05, 4.69) is 147 Å². The molecule has 0 heterocycles. The zero-order valence-electron chi connectivity index (χ0n) is 40.9. The average molecular weight is 737 g/mol. The molecule has 0 radical (unpaired) electrons. The van der Waals surface area contributed by atoms with Gasteiger partial charge in [-0.1, -0.05) is 97.3 Å². The standard InChI is InChI=1S/C12H24.C10H20O.C6H14N2.C6H15N.C5H10.C4H9N.C4H8/c1-8-11(4,5)12(6,7)9-10(2)3;1-8(2)7-9(3,4)10(5,6)11;1-6(7(2)3)8(4)5;1-6(2,3)7(4)5;1-4-5(2)3;1-4(2)5-3;1-4(2)3/h2,8-9H2,1,3-7H3;11H,1,7H2,2-6H3;1H2,2-5H3;1-5H3;2,4H2,1,3H3;5H,1H2,2-3H3;1H2,2-3H3. The molecule has 52 heavy (non-hydrogen) atoms. The third kappa shape index (κ3) is 47.8. The van der Waals surface area contributed by atoms with Crippen molar-refractivity contribution in [3.05, 3.63) is 73.3 Å². The fraction of sp³-hybridized carbons (Fsp3) is 0.745. The maximum Gasteiger partial charge on any atom is 0.0954 e. The summed E-state index contributed by atoms with van der Waals surface area (Å²) in [6.45, 7) is 62.5. The van der Waals surface area contributed by atoms with E-state index in [-0.39, 0.29) is 5.41 Å². The zero-order chi connectivity index (χ0) is 44.2. The number of nitrogens with zero attached hydrogens (tertiary/aromatic N) is 3. The highest BCUT2D eigenvalue weighted by Crippen LogP contribution is 2.45. The molecule has 0 aliphatic rings. The van der Waals surface area contributed by atoms with E-state index in [1.165, 1.54) is 23.1 Å². The molecule has 0 spiro atoms.